The molecule has 1 amide bonds. The van der Waals surface area contributed by atoms with Crippen molar-refractivity contribution in [2.75, 3.05) is 40.9 Å². The molecule has 0 bridgehead atoms. The Balaban J connectivity index is 4.95. The second kappa shape index (κ2) is 66.4. The molecule has 9 nitrogen and oxygen atoms in total. The van der Waals surface area contributed by atoms with Crippen LogP contribution in [0.5, 0.6) is 0 Å². The first-order chi connectivity index (χ1) is 42.4. The topological polar surface area (TPSA) is 114 Å². The number of phosphoric acid groups is 1. The first kappa shape index (κ1) is 84.5. The van der Waals surface area contributed by atoms with Crippen LogP contribution in [0.25, 0.3) is 0 Å². The number of esters is 1. The van der Waals surface area contributed by atoms with Crippen LogP contribution in [0.1, 0.15) is 355 Å². The maximum atomic E-state index is 13.6. The smallest absolute Gasteiger partial charge is 0.306 e. The molecule has 0 radical (unpaired) electrons. The van der Waals surface area contributed by atoms with Crippen molar-refractivity contribution in [1.82, 2.24) is 5.32 Å². The minimum atomic E-state index is -4.71. The molecule has 0 aliphatic carbocycles. The van der Waals surface area contributed by atoms with Gasteiger partial charge < -0.3 is 28.5 Å². The highest BCUT2D eigenvalue weighted by Gasteiger charge is 2.27. The monoisotopic (exact) mass is 1240 g/mol. The predicted octanol–water partition coefficient (Wildman–Crippen LogP) is 23.3. The first-order valence-corrected chi connectivity index (χ1v) is 38.7. The van der Waals surface area contributed by atoms with Crippen molar-refractivity contribution in [2.45, 2.75) is 367 Å². The summed E-state index contributed by atoms with van der Waals surface area (Å²) in [7, 11) is 1.19. The van der Waals surface area contributed by atoms with Gasteiger partial charge in [-0.3, -0.25) is 14.2 Å². The summed E-state index contributed by atoms with van der Waals surface area (Å²) in [4.78, 5) is 40.2. The zero-order chi connectivity index (χ0) is 63.5. The van der Waals surface area contributed by atoms with Gasteiger partial charge in [-0.1, -0.05) is 338 Å². The van der Waals surface area contributed by atoms with E-state index >= 15 is 0 Å². The van der Waals surface area contributed by atoms with E-state index in [0.717, 1.165) is 96.3 Å². The number of hydrogen-bond acceptors (Lipinski definition) is 7. The van der Waals surface area contributed by atoms with E-state index in [1.165, 1.54) is 225 Å². The van der Waals surface area contributed by atoms with E-state index in [-0.39, 0.29) is 31.5 Å². The molecule has 0 aromatic rings. The molecule has 3 unspecified atom stereocenters. The summed E-state index contributed by atoms with van der Waals surface area (Å²) in [5.74, 6) is -0.531. The van der Waals surface area contributed by atoms with Crippen molar-refractivity contribution in [3.05, 3.63) is 72.9 Å². The summed E-state index contributed by atoms with van der Waals surface area (Å²) in [6.07, 6.45) is 87.5. The molecule has 3 atom stereocenters. The molecule has 508 valence electrons. The van der Waals surface area contributed by atoms with Crippen LogP contribution in [-0.4, -0.2) is 69.4 Å². The summed E-state index contributed by atoms with van der Waals surface area (Å²) in [6, 6.07) is -0.891. The number of carbonyl (C=O) groups is 2. The highest BCUT2D eigenvalue weighted by molar-refractivity contribution is 7.45. The first-order valence-electron chi connectivity index (χ1n) is 37.2. The highest BCUT2D eigenvalue weighted by Crippen LogP contribution is 2.38. The average Bonchev–Trinajstić information content (AvgIpc) is 3.70. The van der Waals surface area contributed by atoms with E-state index in [4.69, 9.17) is 13.8 Å². The third-order valence-corrected chi connectivity index (χ3v) is 17.6. The lowest BCUT2D eigenvalue weighted by Gasteiger charge is -2.30. The minimum Gasteiger partial charge on any atom is -0.756 e. The molecule has 0 aromatic carbocycles. The van der Waals surface area contributed by atoms with Gasteiger partial charge in [0.25, 0.3) is 7.82 Å². The number of rotatable bonds is 68. The Labute approximate surface area is 540 Å². The number of hydrogen-bond donors (Lipinski definition) is 1. The molecule has 0 aliphatic heterocycles. The van der Waals surface area contributed by atoms with Gasteiger partial charge in [0, 0.05) is 12.8 Å². The van der Waals surface area contributed by atoms with Crippen molar-refractivity contribution >= 4 is 19.7 Å². The average molecular weight is 1240 g/mol. The Morgan fingerprint density at radius 2 is 0.736 bits per heavy atom. The predicted molar refractivity (Wildman–Crippen MR) is 376 cm³/mol. The van der Waals surface area contributed by atoms with Crippen molar-refractivity contribution < 1.29 is 37.3 Å². The second-order valence-corrected chi connectivity index (χ2v) is 27.8. The third-order valence-electron chi connectivity index (χ3n) is 16.7. The molecule has 10 heteroatoms. The van der Waals surface area contributed by atoms with Crippen LogP contribution in [0.15, 0.2) is 72.9 Å². The van der Waals surface area contributed by atoms with Gasteiger partial charge in [-0.25, -0.2) is 0 Å². The summed E-state index contributed by atoms with van der Waals surface area (Å²) >= 11 is 0. The van der Waals surface area contributed by atoms with Gasteiger partial charge in [-0.15, -0.1) is 0 Å². The van der Waals surface area contributed by atoms with Crippen LogP contribution in [0.3, 0.4) is 0 Å². The van der Waals surface area contributed by atoms with Crippen molar-refractivity contribution in [3.63, 3.8) is 0 Å². The molecule has 0 aromatic heterocycles. The van der Waals surface area contributed by atoms with Gasteiger partial charge in [0.1, 0.15) is 19.3 Å². The van der Waals surface area contributed by atoms with Gasteiger partial charge in [-0.2, -0.15) is 0 Å². The summed E-state index contributed by atoms with van der Waals surface area (Å²) in [5.41, 5.74) is 0. The molecule has 0 fully saturated rings. The zero-order valence-corrected chi connectivity index (χ0v) is 59.1. The van der Waals surface area contributed by atoms with Crippen molar-refractivity contribution in [1.29, 1.82) is 0 Å². The maximum absolute atomic E-state index is 13.6. The fraction of sp³-hybridized carbons (Fsp3) is 0.818. The molecule has 0 saturated carbocycles. The lowest BCUT2D eigenvalue weighted by atomic mass is 10.0. The number of ether oxygens (including phenoxy) is 1. The highest BCUT2D eigenvalue weighted by atomic mass is 31.2. The number of unbranched alkanes of at least 4 members (excludes halogenated alkanes) is 42. The van der Waals surface area contributed by atoms with Crippen LogP contribution in [-0.2, 0) is 27.9 Å². The Morgan fingerprint density at radius 1 is 0.414 bits per heavy atom. The van der Waals surface area contributed by atoms with Gasteiger partial charge in [0.2, 0.25) is 5.91 Å². The maximum Gasteiger partial charge on any atom is 0.306 e. The number of likely N-dealkylation sites (N-methyl/N-ethyl adjacent to an activating group) is 1. The molecule has 87 heavy (non-hydrogen) atoms. The normalized spacial score (nSPS) is 13.9. The van der Waals surface area contributed by atoms with Crippen LogP contribution in [0.2, 0.25) is 0 Å². The van der Waals surface area contributed by atoms with E-state index in [1.807, 2.05) is 33.3 Å². The van der Waals surface area contributed by atoms with Crippen LogP contribution in [0, 0.1) is 0 Å². The summed E-state index contributed by atoms with van der Waals surface area (Å²) in [5, 5.41) is 3.05. The molecular formula is C77H143N2O7P. The van der Waals surface area contributed by atoms with Crippen LogP contribution < -0.4 is 10.2 Å². The lowest BCUT2D eigenvalue weighted by molar-refractivity contribution is -0.870. The molecule has 0 rings (SSSR count). The third kappa shape index (κ3) is 67.7. The van der Waals surface area contributed by atoms with Gasteiger partial charge in [-0.05, 0) is 76.7 Å². The summed E-state index contributed by atoms with van der Waals surface area (Å²) < 4.78 is 30.5. The Bertz CT molecular complexity index is 1720. The largest absolute Gasteiger partial charge is 0.756 e. The van der Waals surface area contributed by atoms with Crippen molar-refractivity contribution in [3.8, 4) is 0 Å². The van der Waals surface area contributed by atoms with Gasteiger partial charge in [0.05, 0.1) is 33.8 Å². The quantitative estimate of drug-likeness (QED) is 0.0212. The molecular weight excluding hydrogens is 1100 g/mol. The number of amides is 1. The van der Waals surface area contributed by atoms with Crippen LogP contribution in [0.4, 0.5) is 0 Å². The number of phosphoric ester groups is 1. The number of nitrogens with zero attached hydrogens (tertiary/aromatic N) is 1. The van der Waals surface area contributed by atoms with Gasteiger partial charge >= 0.3 is 5.97 Å². The number of nitrogens with one attached hydrogen (secondary N) is 1. The van der Waals surface area contributed by atoms with Crippen molar-refractivity contribution in [2.24, 2.45) is 0 Å². The van der Waals surface area contributed by atoms with E-state index in [1.54, 1.807) is 0 Å². The minimum absolute atomic E-state index is 0.0229. The molecule has 0 heterocycles. The summed E-state index contributed by atoms with van der Waals surface area (Å²) in [6.45, 7) is 6.77. The van der Waals surface area contributed by atoms with E-state index in [0.29, 0.717) is 17.4 Å². The van der Waals surface area contributed by atoms with E-state index in [2.05, 4.69) is 86.8 Å². The molecule has 0 saturated heterocycles. The Hall–Kier alpha value is -2.55. The standard InChI is InChI=1S/C77H143N2O7P/c1-7-10-13-16-19-22-25-27-29-31-33-35-37-38-39-40-42-43-45-47-49-51-54-57-60-63-66-69-76(80)78-74(73-85-87(82,83)84-72-71-79(4,5)6)75(68-65-62-59-56-53-24-21-18-15-12-9-3)86-77(81)70-67-64-61-58-55-52-50-48-46-44-41-36-34-32-30-28-26-23-20-17-14-11-8-2/h10,13,19,22,27,29,33,35,38-39,65,68,74-75H,7-9,11-12,14-18,20-21,23-26,28,30-32,34,36-37,40-64,66-67,69-73H2,1-6H3,(H-,78,80,82,83)/b13-10-,22-19-,29-27-,35-33-,39-38-,68-65+. The fourth-order valence-corrected chi connectivity index (χ4v) is 11.7. The number of carbonyl (C=O) groups excluding carboxylic acids is 2. The van der Waals surface area contributed by atoms with E-state index in [9.17, 15) is 19.0 Å². The molecule has 0 spiro atoms. The lowest BCUT2D eigenvalue weighted by Crippen LogP contribution is -2.47. The Morgan fingerprint density at radius 3 is 1.10 bits per heavy atom. The number of quaternary nitrogens is 1. The number of allylic oxidation sites excluding steroid dienone is 11. The Kier molecular flexibility index (Phi) is 64.4. The van der Waals surface area contributed by atoms with Crippen LogP contribution >= 0.6 is 7.82 Å². The molecule has 1 N–H and O–H groups in total. The fourth-order valence-electron chi connectivity index (χ4n) is 11.0. The second-order valence-electron chi connectivity index (χ2n) is 26.4. The molecule has 0 aliphatic rings. The zero-order valence-electron chi connectivity index (χ0n) is 58.2. The SMILES string of the molecule is CC/C=C\C/C=C\C/C=C\C/C=C\C/C=C\CCCCCCCCCCCCCC(=O)NC(COP(=O)([O-])OCC[N+](C)(C)C)C(/C=C/CCCCCCCCCCC)OC(=O)CCCCCCCCCCCCCCCCCCCCCCCCC. The van der Waals surface area contributed by atoms with E-state index < -0.39 is 20.0 Å². The van der Waals surface area contributed by atoms with Gasteiger partial charge in [0.15, 0.2) is 0 Å².